The smallest absolute Gasteiger partial charge is 0.334 e. The van der Waals surface area contributed by atoms with Crippen molar-refractivity contribution in [3.05, 3.63) is 36.5 Å². The van der Waals surface area contributed by atoms with Crippen LogP contribution in [0.2, 0.25) is 0 Å². The molecular weight excluding hydrogens is 528 g/mol. The number of aliphatic hydroxyl groups is 3. The summed E-state index contributed by atoms with van der Waals surface area (Å²) in [5.74, 6) is -3.88. The van der Waals surface area contributed by atoms with Crippen LogP contribution in [0.15, 0.2) is 36.5 Å². The molecular formula is C32H40O9. The first-order valence-corrected chi connectivity index (χ1v) is 14.8. The van der Waals surface area contributed by atoms with Gasteiger partial charge in [0.25, 0.3) is 0 Å². The van der Waals surface area contributed by atoms with E-state index in [4.69, 9.17) is 14.2 Å². The largest absolute Gasteiger partial charge is 0.462 e. The van der Waals surface area contributed by atoms with Crippen LogP contribution in [0.5, 0.6) is 0 Å². The number of rotatable bonds is 1. The minimum absolute atomic E-state index is 0.0546. The summed E-state index contributed by atoms with van der Waals surface area (Å²) >= 11 is 0. The summed E-state index contributed by atoms with van der Waals surface area (Å²) in [5, 5.41) is 34.8. The predicted molar refractivity (Wildman–Crippen MR) is 143 cm³/mol. The van der Waals surface area contributed by atoms with Crippen LogP contribution in [0.25, 0.3) is 0 Å². The second-order valence-electron chi connectivity index (χ2n) is 14.7. The number of carbonyl (C=O) groups is 3. The van der Waals surface area contributed by atoms with Gasteiger partial charge in [-0.3, -0.25) is 9.59 Å². The number of hydrogen-bond donors (Lipinski definition) is 3. The molecule has 9 heteroatoms. The van der Waals surface area contributed by atoms with Crippen molar-refractivity contribution in [2.24, 2.45) is 45.8 Å². The van der Waals surface area contributed by atoms with E-state index in [0.29, 0.717) is 24.0 Å². The summed E-state index contributed by atoms with van der Waals surface area (Å²) in [4.78, 5) is 39.9. The molecule has 0 unspecified atom stereocenters. The van der Waals surface area contributed by atoms with E-state index in [-0.39, 0.29) is 25.2 Å². The summed E-state index contributed by atoms with van der Waals surface area (Å²) in [5.41, 5.74) is -4.83. The molecule has 0 aromatic rings. The molecule has 5 aliphatic carbocycles. The zero-order valence-electron chi connectivity index (χ0n) is 24.1. The fourth-order valence-electron chi connectivity index (χ4n) is 11.0. The minimum atomic E-state index is -1.34. The maximum absolute atomic E-state index is 14.5. The molecule has 0 aromatic carbocycles. The normalized spacial score (nSPS) is 56.5. The van der Waals surface area contributed by atoms with Gasteiger partial charge >= 0.3 is 17.9 Å². The lowest BCUT2D eigenvalue weighted by atomic mass is 9.54. The topological polar surface area (TPSA) is 140 Å². The van der Waals surface area contributed by atoms with Gasteiger partial charge in [-0.1, -0.05) is 32.2 Å². The van der Waals surface area contributed by atoms with Crippen LogP contribution in [-0.4, -0.2) is 68.8 Å². The lowest BCUT2D eigenvalue weighted by molar-refractivity contribution is -0.165. The molecule has 7 rings (SSSR count). The van der Waals surface area contributed by atoms with Crippen molar-refractivity contribution >= 4 is 17.9 Å². The van der Waals surface area contributed by atoms with Crippen molar-refractivity contribution in [3.63, 3.8) is 0 Å². The van der Waals surface area contributed by atoms with Gasteiger partial charge in [0.1, 0.15) is 18.3 Å². The number of esters is 3. The van der Waals surface area contributed by atoms with Gasteiger partial charge in [-0.2, -0.15) is 0 Å². The van der Waals surface area contributed by atoms with Gasteiger partial charge in [0.15, 0.2) is 0 Å². The minimum Gasteiger partial charge on any atom is -0.462 e. The van der Waals surface area contributed by atoms with Crippen molar-refractivity contribution in [1.29, 1.82) is 0 Å². The Bertz CT molecular complexity index is 1330. The molecule has 41 heavy (non-hydrogen) atoms. The molecule has 4 saturated carbocycles. The second-order valence-corrected chi connectivity index (χ2v) is 14.7. The summed E-state index contributed by atoms with van der Waals surface area (Å²) in [6, 6.07) is 0. The Hall–Kier alpha value is -2.49. The highest BCUT2D eigenvalue weighted by atomic mass is 16.6. The Labute approximate surface area is 239 Å². The van der Waals surface area contributed by atoms with Gasteiger partial charge in [-0.25, -0.2) is 4.79 Å². The molecule has 3 N–H and O–H groups in total. The predicted octanol–water partition coefficient (Wildman–Crippen LogP) is 2.38. The van der Waals surface area contributed by atoms with Crippen LogP contribution in [0, 0.1) is 45.8 Å². The Kier molecular flexibility index (Phi) is 5.28. The van der Waals surface area contributed by atoms with Gasteiger partial charge in [-0.05, 0) is 45.1 Å². The zero-order chi connectivity index (χ0) is 29.7. The first kappa shape index (κ1) is 27.3. The Morgan fingerprint density at radius 3 is 2.49 bits per heavy atom. The second kappa shape index (κ2) is 7.91. The molecule has 14 atom stereocenters. The lowest BCUT2D eigenvalue weighted by Crippen LogP contribution is -2.53. The molecule has 2 aliphatic heterocycles. The van der Waals surface area contributed by atoms with E-state index in [1.54, 1.807) is 13.8 Å². The number of hydrogen-bond acceptors (Lipinski definition) is 9. The number of ether oxygens (including phenoxy) is 3. The van der Waals surface area contributed by atoms with Crippen LogP contribution in [0.1, 0.15) is 59.8 Å². The summed E-state index contributed by atoms with van der Waals surface area (Å²) in [7, 11) is 0. The Balaban J connectivity index is 1.45. The average Bonchev–Trinajstić information content (AvgIpc) is 3.55. The number of aliphatic hydroxyl groups excluding tert-OH is 1. The van der Waals surface area contributed by atoms with Crippen LogP contribution in [0.4, 0.5) is 0 Å². The first-order valence-electron chi connectivity index (χ1n) is 14.8. The van der Waals surface area contributed by atoms with Gasteiger partial charge in [-0.15, -0.1) is 0 Å². The van der Waals surface area contributed by atoms with Crippen LogP contribution in [0.3, 0.4) is 0 Å². The molecule has 222 valence electrons. The third kappa shape index (κ3) is 3.00. The van der Waals surface area contributed by atoms with Gasteiger partial charge in [0.2, 0.25) is 0 Å². The number of allylic oxidation sites excluding steroid dienone is 1. The quantitative estimate of drug-likeness (QED) is 0.188. The first-order chi connectivity index (χ1) is 19.0. The lowest BCUT2D eigenvalue weighted by Gasteiger charge is -2.46. The highest BCUT2D eigenvalue weighted by Gasteiger charge is 2.85. The van der Waals surface area contributed by atoms with E-state index in [9.17, 15) is 29.7 Å². The van der Waals surface area contributed by atoms with Crippen molar-refractivity contribution in [2.45, 2.75) is 95.4 Å². The van der Waals surface area contributed by atoms with Crippen LogP contribution in [-0.2, 0) is 28.6 Å². The van der Waals surface area contributed by atoms with Crippen molar-refractivity contribution in [3.8, 4) is 0 Å². The van der Waals surface area contributed by atoms with E-state index in [2.05, 4.69) is 13.2 Å². The van der Waals surface area contributed by atoms with E-state index < -0.39 is 93.4 Å². The standard InChI is InChI=1S/C32H40O9/c1-14-17-7-8-30(6,38)31-10-9-28(4,25(31)23(17)40-26(14)35)32(13-31)22-20(39-16(3)33)12-29(5,37)18-11-19(34)15(2)21(18)24(22)41-27(32)36/h9-10,17-25,34,37-38H,1-2,7-8,11-13H2,3-6H3/t17-,18+,19+,20-,21-,22+,23-,24+,25-,28+,29+,30+,31-,32-/m0/s1. The number of fused-ring (bicyclic) bond motifs is 6. The Morgan fingerprint density at radius 1 is 1.10 bits per heavy atom. The van der Waals surface area contributed by atoms with E-state index >= 15 is 0 Å². The molecule has 0 amide bonds. The molecule has 2 saturated heterocycles. The van der Waals surface area contributed by atoms with Gasteiger partial charge < -0.3 is 29.5 Å². The highest BCUT2D eigenvalue weighted by molar-refractivity contribution is 5.91. The molecule has 0 aromatic heterocycles. The fourth-order valence-corrected chi connectivity index (χ4v) is 11.0. The van der Waals surface area contributed by atoms with Crippen molar-refractivity contribution in [1.82, 2.24) is 0 Å². The summed E-state index contributed by atoms with van der Waals surface area (Å²) < 4.78 is 18.3. The third-order valence-electron chi connectivity index (χ3n) is 12.9. The molecule has 1 spiro atoms. The molecule has 2 heterocycles. The third-order valence-corrected chi connectivity index (χ3v) is 12.9. The maximum Gasteiger partial charge on any atom is 0.334 e. The van der Waals surface area contributed by atoms with Gasteiger partial charge in [0.05, 0.1) is 28.6 Å². The SMILES string of the molecule is C=C1[C@@H]2[C@H]3OC(=O)[C@]4(C[C@@]56C=C[C@]4(C)[C@@H]5[C@H]4OC(=O)C(=C)[C@@H]4CC[C@@]6(C)O)[C@@H]3[C@@H](OC(C)=O)C[C@@](C)(O)[C@@H]2C[C@H]1O. The van der Waals surface area contributed by atoms with E-state index in [1.807, 2.05) is 19.1 Å². The Morgan fingerprint density at radius 2 is 1.80 bits per heavy atom. The van der Waals surface area contributed by atoms with Crippen LogP contribution < -0.4 is 0 Å². The molecule has 0 radical (unpaired) electrons. The molecule has 7 aliphatic rings. The number of carbonyl (C=O) groups excluding carboxylic acids is 3. The summed E-state index contributed by atoms with van der Waals surface area (Å²) in [6.07, 6.45) is 2.32. The fraction of sp³-hybridized carbons (Fsp3) is 0.719. The highest BCUT2D eigenvalue weighted by Crippen LogP contribution is 2.80. The van der Waals surface area contributed by atoms with Crippen LogP contribution >= 0.6 is 0 Å². The molecule has 2 bridgehead atoms. The van der Waals surface area contributed by atoms with E-state index in [1.165, 1.54) is 6.92 Å². The van der Waals surface area contributed by atoms with E-state index in [0.717, 1.165) is 0 Å². The monoisotopic (exact) mass is 568 g/mol. The summed E-state index contributed by atoms with van der Waals surface area (Å²) in [6.45, 7) is 15.0. The van der Waals surface area contributed by atoms with Gasteiger partial charge in [0, 0.05) is 53.4 Å². The zero-order valence-corrected chi connectivity index (χ0v) is 24.1. The average molecular weight is 569 g/mol. The molecule has 6 fully saturated rings. The maximum atomic E-state index is 14.5. The molecule has 9 nitrogen and oxygen atoms in total. The van der Waals surface area contributed by atoms with Crippen molar-refractivity contribution < 1.29 is 43.9 Å². The van der Waals surface area contributed by atoms with Crippen molar-refractivity contribution in [2.75, 3.05) is 0 Å².